The Hall–Kier alpha value is -1.37. The van der Waals surface area contributed by atoms with Crippen LogP contribution in [0.2, 0.25) is 26.2 Å². The van der Waals surface area contributed by atoms with Gasteiger partial charge < -0.3 is 0 Å². The van der Waals surface area contributed by atoms with Crippen LogP contribution >= 0.6 is 68.0 Å². The van der Waals surface area contributed by atoms with Gasteiger partial charge in [0.2, 0.25) is 0 Å². The Balaban J connectivity index is 1.12. The van der Waals surface area contributed by atoms with Crippen LogP contribution in [0.15, 0.2) is 59.3 Å². The summed E-state index contributed by atoms with van der Waals surface area (Å²) < 4.78 is 0. The predicted molar refractivity (Wildman–Crippen MR) is 174 cm³/mol. The number of fused-ring (bicyclic) bond motifs is 6. The molecule has 2 aliphatic rings. The molecule has 178 valence electrons. The van der Waals surface area contributed by atoms with Crippen LogP contribution < -0.4 is 20.7 Å². The average molecular weight is 607 g/mol. The van der Waals surface area contributed by atoms with E-state index in [1.54, 1.807) is 40.3 Å². The summed E-state index contributed by atoms with van der Waals surface area (Å²) in [4.78, 5) is 14.7. The van der Waals surface area contributed by atoms with Gasteiger partial charge in [-0.3, -0.25) is 0 Å². The molecule has 0 amide bonds. The van der Waals surface area contributed by atoms with E-state index in [2.05, 4.69) is 85.5 Å². The largest absolute Gasteiger partial charge is 0.143 e. The fraction of sp³-hybridized carbons (Fsp3) is 0.143. The Morgan fingerprint density at radius 3 is 1.22 bits per heavy atom. The molecule has 36 heavy (non-hydrogen) atoms. The molecular weight excluding hydrogens is 585 g/mol. The molecule has 0 saturated carbocycles. The highest BCUT2D eigenvalue weighted by molar-refractivity contribution is 7.33. The van der Waals surface area contributed by atoms with Gasteiger partial charge in [0, 0.05) is 48.8 Å². The Morgan fingerprint density at radius 2 is 0.806 bits per heavy atom. The molecule has 8 heterocycles. The van der Waals surface area contributed by atoms with Crippen molar-refractivity contribution in [1.29, 1.82) is 0 Å². The molecule has 8 heteroatoms. The molecule has 0 atom stereocenters. The zero-order valence-corrected chi connectivity index (χ0v) is 27.1. The first-order valence-electron chi connectivity index (χ1n) is 12.0. The van der Waals surface area contributed by atoms with Crippen LogP contribution in [0.4, 0.5) is 0 Å². The van der Waals surface area contributed by atoms with Crippen molar-refractivity contribution in [2.75, 3.05) is 0 Å². The van der Waals surface area contributed by atoms with E-state index >= 15 is 0 Å². The molecule has 0 bridgehead atoms. The van der Waals surface area contributed by atoms with Crippen molar-refractivity contribution >= 4 is 105 Å². The van der Waals surface area contributed by atoms with Gasteiger partial charge in [-0.25, -0.2) is 0 Å². The summed E-state index contributed by atoms with van der Waals surface area (Å²) in [5.74, 6) is 0. The summed E-state index contributed by atoms with van der Waals surface area (Å²) in [5.41, 5.74) is 0. The van der Waals surface area contributed by atoms with E-state index in [-0.39, 0.29) is 0 Å². The Morgan fingerprint density at radius 1 is 0.417 bits per heavy atom. The van der Waals surface area contributed by atoms with Gasteiger partial charge in [0.05, 0.1) is 0 Å². The summed E-state index contributed by atoms with van der Waals surface area (Å²) >= 11 is 11.8. The Labute approximate surface area is 237 Å². The molecule has 0 aliphatic carbocycles. The van der Waals surface area contributed by atoms with Gasteiger partial charge in [-0.05, 0) is 67.9 Å². The van der Waals surface area contributed by atoms with Crippen LogP contribution in [0.25, 0.3) is 48.8 Å². The van der Waals surface area contributed by atoms with Crippen molar-refractivity contribution in [3.05, 3.63) is 59.3 Å². The highest BCUT2D eigenvalue weighted by Crippen LogP contribution is 2.47. The first kappa shape index (κ1) is 22.6. The van der Waals surface area contributed by atoms with Gasteiger partial charge in [0.25, 0.3) is 0 Å². The molecule has 0 radical (unpaired) electrons. The smallest absolute Gasteiger partial charge is 0.116 e. The minimum absolute atomic E-state index is 1.39. The lowest BCUT2D eigenvalue weighted by atomic mass is 10.3. The van der Waals surface area contributed by atoms with Crippen molar-refractivity contribution in [2.24, 2.45) is 0 Å². The van der Waals surface area contributed by atoms with Crippen molar-refractivity contribution in [2.45, 2.75) is 26.2 Å². The van der Waals surface area contributed by atoms with Crippen LogP contribution in [0, 0.1) is 0 Å². The van der Waals surface area contributed by atoms with Crippen molar-refractivity contribution in [3.8, 4) is 48.8 Å². The molecule has 0 N–H and O–H groups in total. The SMILES string of the molecule is C[Si]1(C)c2ccsc2-c2sc(-c3ccc(-c4ccc(-c5cc6c(s5)-c5sccc5[Si]6(C)C)s4)s3)cc21. The maximum absolute atomic E-state index is 2.52. The number of hydrogen-bond acceptors (Lipinski definition) is 6. The Kier molecular flexibility index (Phi) is 4.77. The van der Waals surface area contributed by atoms with Crippen LogP contribution in [-0.4, -0.2) is 16.1 Å². The van der Waals surface area contributed by atoms with Gasteiger partial charge in [-0.15, -0.1) is 68.0 Å². The standard InChI is InChI=1S/C28H22S6Si2/c1-35(2)21-9-11-29-25(21)27-23(35)13-19(33-27)17-7-5-15(31-17)16-6-8-18(32-16)20-14-24-28(34-20)26-22(10-12-30-26)36(24,3)4/h5-14H,1-4H3. The van der Waals surface area contributed by atoms with E-state index in [0.29, 0.717) is 0 Å². The predicted octanol–water partition coefficient (Wildman–Crippen LogP) is 8.66. The third kappa shape index (κ3) is 2.98. The van der Waals surface area contributed by atoms with E-state index in [9.17, 15) is 0 Å². The fourth-order valence-electron chi connectivity index (χ4n) is 5.74. The molecule has 0 nitrogen and oxygen atoms in total. The number of thiophene rings is 6. The van der Waals surface area contributed by atoms with E-state index in [0.717, 1.165) is 0 Å². The quantitative estimate of drug-likeness (QED) is 0.177. The van der Waals surface area contributed by atoms with Gasteiger partial charge in [0.1, 0.15) is 16.1 Å². The number of hydrogen-bond donors (Lipinski definition) is 0. The zero-order valence-electron chi connectivity index (χ0n) is 20.2. The van der Waals surface area contributed by atoms with E-state index in [1.807, 2.05) is 68.0 Å². The molecule has 8 rings (SSSR count). The second kappa shape index (κ2) is 7.60. The lowest BCUT2D eigenvalue weighted by Gasteiger charge is -2.15. The highest BCUT2D eigenvalue weighted by atomic mass is 32.1. The first-order chi connectivity index (χ1) is 17.3. The summed E-state index contributed by atoms with van der Waals surface area (Å²) in [6.45, 7) is 10.0. The lowest BCUT2D eigenvalue weighted by molar-refractivity contribution is 1.85. The second-order valence-corrected chi connectivity index (χ2v) is 25.4. The molecule has 0 spiro atoms. The van der Waals surface area contributed by atoms with Crippen LogP contribution in [-0.2, 0) is 0 Å². The normalized spacial score (nSPS) is 16.2. The molecule has 6 aromatic heterocycles. The molecule has 0 unspecified atom stereocenters. The van der Waals surface area contributed by atoms with Crippen molar-refractivity contribution in [1.82, 2.24) is 0 Å². The molecular formula is C28H22S6Si2. The minimum Gasteiger partial charge on any atom is -0.143 e. The zero-order chi connectivity index (χ0) is 24.4. The van der Waals surface area contributed by atoms with E-state index in [1.165, 1.54) is 29.3 Å². The van der Waals surface area contributed by atoms with E-state index < -0.39 is 16.1 Å². The van der Waals surface area contributed by atoms with Crippen LogP contribution in [0.1, 0.15) is 0 Å². The van der Waals surface area contributed by atoms with Gasteiger partial charge in [-0.2, -0.15) is 0 Å². The van der Waals surface area contributed by atoms with E-state index in [4.69, 9.17) is 0 Å². The molecule has 2 aliphatic heterocycles. The lowest BCUT2D eigenvalue weighted by Crippen LogP contribution is -2.48. The second-order valence-electron chi connectivity index (χ2n) is 10.6. The third-order valence-electron chi connectivity index (χ3n) is 7.84. The molecule has 0 aromatic carbocycles. The third-order valence-corrected chi connectivity index (χ3v) is 22.8. The molecule has 6 aromatic rings. The summed E-state index contributed by atoms with van der Waals surface area (Å²) in [6.07, 6.45) is 0. The number of rotatable bonds is 3. The van der Waals surface area contributed by atoms with Gasteiger partial charge >= 0.3 is 0 Å². The summed E-state index contributed by atoms with van der Waals surface area (Å²) in [5, 5.41) is 11.1. The minimum atomic E-state index is -1.53. The fourth-order valence-corrected chi connectivity index (χ4v) is 22.0. The van der Waals surface area contributed by atoms with Gasteiger partial charge in [0.15, 0.2) is 0 Å². The van der Waals surface area contributed by atoms with Crippen molar-refractivity contribution < 1.29 is 0 Å². The summed E-state index contributed by atoms with van der Waals surface area (Å²) in [7, 11) is -3.06. The topological polar surface area (TPSA) is 0 Å². The molecule has 0 fully saturated rings. The maximum Gasteiger partial charge on any atom is 0.116 e. The van der Waals surface area contributed by atoms with Crippen LogP contribution in [0.3, 0.4) is 0 Å². The highest BCUT2D eigenvalue weighted by Gasteiger charge is 2.41. The van der Waals surface area contributed by atoms with Gasteiger partial charge in [-0.1, -0.05) is 38.3 Å². The summed E-state index contributed by atoms with van der Waals surface area (Å²) in [6, 6.07) is 19.1. The maximum atomic E-state index is 2.52. The Bertz CT molecular complexity index is 1680. The van der Waals surface area contributed by atoms with Crippen molar-refractivity contribution in [3.63, 3.8) is 0 Å². The monoisotopic (exact) mass is 606 g/mol. The van der Waals surface area contributed by atoms with Crippen LogP contribution in [0.5, 0.6) is 0 Å². The average Bonchev–Trinajstić information content (AvgIpc) is 3.68. The molecule has 0 saturated heterocycles. The first-order valence-corrected chi connectivity index (χ1v) is 23.0.